The molecular formula is C8H11BrN2O2S. The molecule has 1 unspecified atom stereocenters. The quantitative estimate of drug-likeness (QED) is 0.749. The van der Waals surface area contributed by atoms with Gasteiger partial charge < -0.3 is 16.2 Å². The van der Waals surface area contributed by atoms with E-state index in [9.17, 15) is 4.79 Å². The summed E-state index contributed by atoms with van der Waals surface area (Å²) in [7, 11) is 0. The lowest BCUT2D eigenvalue weighted by molar-refractivity contribution is -0.128. The van der Waals surface area contributed by atoms with Crippen LogP contribution in [0.3, 0.4) is 0 Å². The minimum atomic E-state index is -1.11. The first-order chi connectivity index (χ1) is 6.63. The third kappa shape index (κ3) is 3.38. The Morgan fingerprint density at radius 2 is 2.43 bits per heavy atom. The normalized spacial score (nSPS) is 12.5. The third-order valence-corrected chi connectivity index (χ3v) is 3.22. The number of amides is 1. The molecule has 0 aliphatic rings. The Morgan fingerprint density at radius 3 is 2.93 bits per heavy atom. The molecule has 6 heteroatoms. The van der Waals surface area contributed by atoms with Crippen molar-refractivity contribution in [2.24, 2.45) is 5.73 Å². The van der Waals surface area contributed by atoms with Crippen LogP contribution in [0.4, 0.5) is 0 Å². The number of carbonyl (C=O) groups is 1. The van der Waals surface area contributed by atoms with Gasteiger partial charge in [0.15, 0.2) is 0 Å². The summed E-state index contributed by atoms with van der Waals surface area (Å²) < 4.78 is 1.01. The van der Waals surface area contributed by atoms with Crippen LogP contribution in [-0.2, 0) is 11.3 Å². The molecule has 4 nitrogen and oxygen atoms in total. The zero-order valence-electron chi connectivity index (χ0n) is 7.37. The summed E-state index contributed by atoms with van der Waals surface area (Å²) in [5.74, 6) is -0.433. The molecule has 0 fully saturated rings. The first kappa shape index (κ1) is 11.6. The Labute approximate surface area is 94.2 Å². The first-order valence-corrected chi connectivity index (χ1v) is 5.64. The van der Waals surface area contributed by atoms with Crippen LogP contribution < -0.4 is 11.1 Å². The number of aliphatic hydroxyl groups excluding tert-OH is 1. The van der Waals surface area contributed by atoms with Gasteiger partial charge in [-0.2, -0.15) is 0 Å². The first-order valence-electron chi connectivity index (χ1n) is 4.03. The fourth-order valence-electron chi connectivity index (χ4n) is 0.846. The summed E-state index contributed by atoms with van der Waals surface area (Å²) in [5, 5.41) is 11.7. The third-order valence-electron chi connectivity index (χ3n) is 1.59. The molecule has 1 aromatic rings. The lowest BCUT2D eigenvalue weighted by Gasteiger charge is -2.07. The molecule has 0 aliphatic heterocycles. The van der Waals surface area contributed by atoms with Crippen molar-refractivity contribution < 1.29 is 9.90 Å². The highest BCUT2D eigenvalue weighted by Crippen LogP contribution is 2.21. The highest BCUT2D eigenvalue weighted by molar-refractivity contribution is 9.11. The maximum atomic E-state index is 11.1. The van der Waals surface area contributed by atoms with E-state index in [1.807, 2.05) is 12.1 Å². The van der Waals surface area contributed by atoms with E-state index >= 15 is 0 Å². The molecule has 0 spiro atoms. The van der Waals surface area contributed by atoms with Crippen LogP contribution in [0.25, 0.3) is 0 Å². The second kappa shape index (κ2) is 5.45. The van der Waals surface area contributed by atoms with Crippen molar-refractivity contribution >= 4 is 33.2 Å². The summed E-state index contributed by atoms with van der Waals surface area (Å²) in [6.07, 6.45) is -1.11. The summed E-state index contributed by atoms with van der Waals surface area (Å²) in [5.41, 5.74) is 5.13. The largest absolute Gasteiger partial charge is 0.382 e. The van der Waals surface area contributed by atoms with E-state index in [0.717, 1.165) is 8.66 Å². The molecule has 0 saturated heterocycles. The molecule has 1 heterocycles. The van der Waals surface area contributed by atoms with Crippen LogP contribution in [0.5, 0.6) is 0 Å². The van der Waals surface area contributed by atoms with Gasteiger partial charge >= 0.3 is 0 Å². The minimum absolute atomic E-state index is 0.0556. The molecule has 78 valence electrons. The van der Waals surface area contributed by atoms with Gasteiger partial charge in [-0.1, -0.05) is 0 Å². The number of aliphatic hydroxyl groups is 1. The van der Waals surface area contributed by atoms with Gasteiger partial charge in [0.25, 0.3) is 0 Å². The Balaban J connectivity index is 2.37. The van der Waals surface area contributed by atoms with Gasteiger partial charge in [0.05, 0.1) is 10.3 Å². The van der Waals surface area contributed by atoms with Crippen molar-refractivity contribution in [3.05, 3.63) is 20.8 Å². The average Bonchev–Trinajstić information content (AvgIpc) is 2.59. The maximum absolute atomic E-state index is 11.1. The van der Waals surface area contributed by atoms with E-state index in [2.05, 4.69) is 21.2 Å². The van der Waals surface area contributed by atoms with Crippen molar-refractivity contribution in [1.82, 2.24) is 5.32 Å². The summed E-state index contributed by atoms with van der Waals surface area (Å²) in [6, 6.07) is 3.81. The standard InChI is InChI=1S/C8H11BrN2O2S/c9-7-2-1-5(14-7)4-11-8(13)6(12)3-10/h1-2,6,12H,3-4,10H2,(H,11,13). The number of rotatable bonds is 4. The molecule has 0 aromatic carbocycles. The fourth-order valence-corrected chi connectivity index (χ4v) is 2.27. The number of nitrogens with one attached hydrogen (secondary N) is 1. The van der Waals surface area contributed by atoms with Crippen LogP contribution in [0.15, 0.2) is 15.9 Å². The highest BCUT2D eigenvalue weighted by Gasteiger charge is 2.11. The zero-order valence-corrected chi connectivity index (χ0v) is 9.77. The lowest BCUT2D eigenvalue weighted by Crippen LogP contribution is -2.38. The minimum Gasteiger partial charge on any atom is -0.382 e. The monoisotopic (exact) mass is 278 g/mol. The number of hydrogen-bond acceptors (Lipinski definition) is 4. The molecule has 0 radical (unpaired) electrons. The fraction of sp³-hybridized carbons (Fsp3) is 0.375. The zero-order chi connectivity index (χ0) is 10.6. The Kier molecular flexibility index (Phi) is 4.53. The predicted molar refractivity (Wildman–Crippen MR) is 58.9 cm³/mol. The molecule has 1 aromatic heterocycles. The molecule has 0 bridgehead atoms. The van der Waals surface area contributed by atoms with Crippen LogP contribution in [0, 0.1) is 0 Å². The molecule has 14 heavy (non-hydrogen) atoms. The summed E-state index contributed by atoms with van der Waals surface area (Å²) in [4.78, 5) is 12.1. The van der Waals surface area contributed by atoms with Crippen LogP contribution in [-0.4, -0.2) is 23.7 Å². The second-order valence-electron chi connectivity index (χ2n) is 2.68. The van der Waals surface area contributed by atoms with Crippen molar-refractivity contribution in [3.8, 4) is 0 Å². The molecular weight excluding hydrogens is 268 g/mol. The van der Waals surface area contributed by atoms with E-state index in [0.29, 0.717) is 6.54 Å². The Morgan fingerprint density at radius 1 is 1.71 bits per heavy atom. The van der Waals surface area contributed by atoms with Crippen molar-refractivity contribution in [2.75, 3.05) is 6.54 Å². The molecule has 0 aliphatic carbocycles. The van der Waals surface area contributed by atoms with E-state index in [1.54, 1.807) is 0 Å². The van der Waals surface area contributed by atoms with Crippen LogP contribution >= 0.6 is 27.3 Å². The van der Waals surface area contributed by atoms with Gasteiger partial charge in [0, 0.05) is 11.4 Å². The molecule has 4 N–H and O–H groups in total. The molecule has 1 atom stereocenters. The molecule has 1 amide bonds. The summed E-state index contributed by atoms with van der Waals surface area (Å²) >= 11 is 4.86. The molecule has 1 rings (SSSR count). The van der Waals surface area contributed by atoms with Gasteiger partial charge in [-0.05, 0) is 28.1 Å². The van der Waals surface area contributed by atoms with Gasteiger partial charge in [0.2, 0.25) is 5.91 Å². The number of carbonyl (C=O) groups excluding carboxylic acids is 1. The average molecular weight is 279 g/mol. The van der Waals surface area contributed by atoms with Crippen molar-refractivity contribution in [2.45, 2.75) is 12.6 Å². The Hall–Kier alpha value is -0.430. The van der Waals surface area contributed by atoms with Crippen LogP contribution in [0.1, 0.15) is 4.88 Å². The van der Waals surface area contributed by atoms with Gasteiger partial charge in [-0.3, -0.25) is 4.79 Å². The second-order valence-corrected chi connectivity index (χ2v) is 5.22. The Bertz CT molecular complexity index is 316. The van der Waals surface area contributed by atoms with E-state index in [1.165, 1.54) is 11.3 Å². The van der Waals surface area contributed by atoms with Crippen molar-refractivity contribution in [3.63, 3.8) is 0 Å². The SMILES string of the molecule is NCC(O)C(=O)NCc1ccc(Br)s1. The topological polar surface area (TPSA) is 75.3 Å². The van der Waals surface area contributed by atoms with Gasteiger partial charge in [-0.15, -0.1) is 11.3 Å². The van der Waals surface area contributed by atoms with Crippen LogP contribution in [0.2, 0.25) is 0 Å². The number of hydrogen-bond donors (Lipinski definition) is 3. The van der Waals surface area contributed by atoms with Crippen molar-refractivity contribution in [1.29, 1.82) is 0 Å². The maximum Gasteiger partial charge on any atom is 0.250 e. The van der Waals surface area contributed by atoms with E-state index < -0.39 is 12.0 Å². The van der Waals surface area contributed by atoms with Gasteiger partial charge in [0.1, 0.15) is 6.10 Å². The summed E-state index contributed by atoms with van der Waals surface area (Å²) in [6.45, 7) is 0.367. The van der Waals surface area contributed by atoms with Gasteiger partial charge in [-0.25, -0.2) is 0 Å². The van der Waals surface area contributed by atoms with E-state index in [4.69, 9.17) is 10.8 Å². The lowest BCUT2D eigenvalue weighted by atomic mass is 10.3. The van der Waals surface area contributed by atoms with E-state index in [-0.39, 0.29) is 6.54 Å². The smallest absolute Gasteiger partial charge is 0.250 e. The number of thiophene rings is 1. The highest BCUT2D eigenvalue weighted by atomic mass is 79.9. The number of nitrogens with two attached hydrogens (primary N) is 1. The predicted octanol–water partition coefficient (Wildman–Crippen LogP) is 0.446. The number of halogens is 1. The molecule has 0 saturated carbocycles.